The Morgan fingerprint density at radius 2 is 2.22 bits per heavy atom. The van der Waals surface area contributed by atoms with Crippen LogP contribution in [0.4, 0.5) is 5.69 Å². The van der Waals surface area contributed by atoms with Gasteiger partial charge in [-0.25, -0.2) is 0 Å². The van der Waals surface area contributed by atoms with Gasteiger partial charge in [0.05, 0.1) is 18.6 Å². The quantitative estimate of drug-likeness (QED) is 0.349. The lowest BCUT2D eigenvalue weighted by atomic mass is 10.3. The summed E-state index contributed by atoms with van der Waals surface area (Å²) in [5.41, 5.74) is -0.109. The van der Waals surface area contributed by atoms with E-state index in [-0.39, 0.29) is 30.4 Å². The number of esters is 1. The summed E-state index contributed by atoms with van der Waals surface area (Å²) in [5, 5.41) is 10.8. The number of rotatable bonds is 6. The molecule has 18 heavy (non-hydrogen) atoms. The number of nitro benzene ring substituents is 1. The number of carbonyl (C=O) groups excluding carboxylic acids is 1. The SMILES string of the molecule is COC(=O)CCCOc1ccc(Br)cc1[N+](=O)[O-]. The average Bonchev–Trinajstić information content (AvgIpc) is 2.35. The molecule has 0 radical (unpaired) electrons. The van der Waals surface area contributed by atoms with Gasteiger partial charge < -0.3 is 9.47 Å². The number of hydrogen-bond acceptors (Lipinski definition) is 5. The van der Waals surface area contributed by atoms with Gasteiger partial charge in [-0.05, 0) is 18.6 Å². The first-order valence-electron chi connectivity index (χ1n) is 5.18. The second-order valence-corrected chi connectivity index (χ2v) is 4.31. The van der Waals surface area contributed by atoms with E-state index in [4.69, 9.17) is 4.74 Å². The van der Waals surface area contributed by atoms with Gasteiger partial charge in [0.2, 0.25) is 0 Å². The predicted molar refractivity (Wildman–Crippen MR) is 67.5 cm³/mol. The highest BCUT2D eigenvalue weighted by Crippen LogP contribution is 2.30. The van der Waals surface area contributed by atoms with Crippen LogP contribution in [0.2, 0.25) is 0 Å². The van der Waals surface area contributed by atoms with Crippen LogP contribution in [0.15, 0.2) is 22.7 Å². The standard InChI is InChI=1S/C11H12BrNO5/c1-17-11(14)3-2-6-18-10-5-4-8(12)7-9(10)13(15)16/h4-5,7H,2-3,6H2,1H3. The van der Waals surface area contributed by atoms with Crippen molar-refractivity contribution >= 4 is 27.6 Å². The Balaban J connectivity index is 2.56. The van der Waals surface area contributed by atoms with Crippen molar-refractivity contribution in [2.45, 2.75) is 12.8 Å². The van der Waals surface area contributed by atoms with Crippen molar-refractivity contribution in [1.82, 2.24) is 0 Å². The zero-order valence-corrected chi connectivity index (χ0v) is 11.3. The summed E-state index contributed by atoms with van der Waals surface area (Å²) in [5.74, 6) is -0.142. The Bertz CT molecular complexity index is 449. The van der Waals surface area contributed by atoms with Crippen molar-refractivity contribution < 1.29 is 19.2 Å². The van der Waals surface area contributed by atoms with Crippen LogP contribution in [0, 0.1) is 10.1 Å². The molecule has 1 aromatic rings. The molecule has 0 atom stereocenters. The normalized spacial score (nSPS) is 9.89. The van der Waals surface area contributed by atoms with Crippen molar-refractivity contribution in [2.75, 3.05) is 13.7 Å². The van der Waals surface area contributed by atoms with Crippen molar-refractivity contribution in [3.05, 3.63) is 32.8 Å². The molecule has 0 heterocycles. The monoisotopic (exact) mass is 317 g/mol. The molecule has 6 nitrogen and oxygen atoms in total. The lowest BCUT2D eigenvalue weighted by Crippen LogP contribution is -2.05. The number of ether oxygens (including phenoxy) is 2. The summed E-state index contributed by atoms with van der Waals surface area (Å²) >= 11 is 3.15. The molecule has 0 N–H and O–H groups in total. The summed E-state index contributed by atoms with van der Waals surface area (Å²) < 4.78 is 10.4. The molecular weight excluding hydrogens is 306 g/mol. The Morgan fingerprint density at radius 3 is 2.83 bits per heavy atom. The zero-order chi connectivity index (χ0) is 13.5. The number of benzene rings is 1. The first-order chi connectivity index (χ1) is 8.54. The molecule has 0 amide bonds. The molecule has 1 rings (SSSR count). The summed E-state index contributed by atoms with van der Waals surface area (Å²) in [7, 11) is 1.31. The maximum Gasteiger partial charge on any atom is 0.312 e. The molecule has 0 fully saturated rings. The Kier molecular flexibility index (Phi) is 5.57. The predicted octanol–water partition coefficient (Wildman–Crippen LogP) is 2.69. The van der Waals surface area contributed by atoms with Crippen LogP contribution in [0.3, 0.4) is 0 Å². The van der Waals surface area contributed by atoms with E-state index in [0.717, 1.165) is 0 Å². The van der Waals surface area contributed by atoms with Gasteiger partial charge in [-0.2, -0.15) is 0 Å². The van der Waals surface area contributed by atoms with E-state index in [2.05, 4.69) is 20.7 Å². The smallest absolute Gasteiger partial charge is 0.312 e. The van der Waals surface area contributed by atoms with Gasteiger partial charge in [-0.1, -0.05) is 15.9 Å². The third-order valence-corrected chi connectivity index (χ3v) is 2.62. The van der Waals surface area contributed by atoms with Crippen molar-refractivity contribution in [1.29, 1.82) is 0 Å². The molecule has 0 saturated carbocycles. The van der Waals surface area contributed by atoms with Gasteiger partial charge in [0.25, 0.3) is 0 Å². The maximum atomic E-state index is 10.9. The molecule has 98 valence electrons. The number of methoxy groups -OCH3 is 1. The topological polar surface area (TPSA) is 78.7 Å². The molecule has 0 saturated heterocycles. The lowest BCUT2D eigenvalue weighted by Gasteiger charge is -2.06. The Morgan fingerprint density at radius 1 is 1.50 bits per heavy atom. The van der Waals surface area contributed by atoms with Gasteiger partial charge in [0.1, 0.15) is 0 Å². The van der Waals surface area contributed by atoms with E-state index in [0.29, 0.717) is 10.9 Å². The van der Waals surface area contributed by atoms with E-state index in [9.17, 15) is 14.9 Å². The van der Waals surface area contributed by atoms with Gasteiger partial charge in [-0.3, -0.25) is 14.9 Å². The van der Waals surface area contributed by atoms with Crippen molar-refractivity contribution in [2.24, 2.45) is 0 Å². The molecule has 0 unspecified atom stereocenters. The third kappa shape index (κ3) is 4.33. The summed E-state index contributed by atoms with van der Waals surface area (Å²) in [6, 6.07) is 4.54. The van der Waals surface area contributed by atoms with E-state index in [1.54, 1.807) is 6.07 Å². The van der Waals surface area contributed by atoms with Gasteiger partial charge in [-0.15, -0.1) is 0 Å². The van der Waals surface area contributed by atoms with Crippen molar-refractivity contribution in [3.63, 3.8) is 0 Å². The fourth-order valence-electron chi connectivity index (χ4n) is 1.26. The third-order valence-electron chi connectivity index (χ3n) is 2.13. The first-order valence-corrected chi connectivity index (χ1v) is 5.97. The van der Waals surface area contributed by atoms with Crippen LogP contribution in [0.1, 0.15) is 12.8 Å². The lowest BCUT2D eigenvalue weighted by molar-refractivity contribution is -0.385. The highest BCUT2D eigenvalue weighted by Gasteiger charge is 2.15. The van der Waals surface area contributed by atoms with Crippen LogP contribution in [0.5, 0.6) is 5.75 Å². The Hall–Kier alpha value is -1.63. The zero-order valence-electron chi connectivity index (χ0n) is 9.72. The number of nitrogens with zero attached hydrogens (tertiary/aromatic N) is 1. The molecule has 0 aromatic heterocycles. The summed E-state index contributed by atoms with van der Waals surface area (Å²) in [4.78, 5) is 21.1. The fraction of sp³-hybridized carbons (Fsp3) is 0.364. The van der Waals surface area contributed by atoms with Crippen LogP contribution in [-0.2, 0) is 9.53 Å². The number of nitro groups is 1. The molecule has 0 aliphatic rings. The Labute approximate surface area is 112 Å². The molecule has 1 aromatic carbocycles. The number of halogens is 1. The molecule has 0 spiro atoms. The molecular formula is C11H12BrNO5. The number of carbonyl (C=O) groups is 1. The maximum absolute atomic E-state index is 10.9. The highest BCUT2D eigenvalue weighted by molar-refractivity contribution is 9.10. The van der Waals surface area contributed by atoms with Gasteiger partial charge >= 0.3 is 11.7 Å². The van der Waals surface area contributed by atoms with Crippen molar-refractivity contribution in [3.8, 4) is 5.75 Å². The fourth-order valence-corrected chi connectivity index (χ4v) is 1.60. The largest absolute Gasteiger partial charge is 0.487 e. The minimum atomic E-state index is -0.513. The first kappa shape index (κ1) is 14.4. The molecule has 0 aliphatic heterocycles. The van der Waals surface area contributed by atoms with Crippen LogP contribution < -0.4 is 4.74 Å². The van der Waals surface area contributed by atoms with Crippen LogP contribution in [-0.4, -0.2) is 24.6 Å². The average molecular weight is 318 g/mol. The van der Waals surface area contributed by atoms with Crippen LogP contribution in [0.25, 0.3) is 0 Å². The second-order valence-electron chi connectivity index (χ2n) is 3.40. The van der Waals surface area contributed by atoms with E-state index in [1.165, 1.54) is 19.2 Å². The minimum absolute atomic E-state index is 0.109. The van der Waals surface area contributed by atoms with E-state index >= 15 is 0 Å². The number of hydrogen-bond donors (Lipinski definition) is 0. The van der Waals surface area contributed by atoms with E-state index in [1.807, 2.05) is 0 Å². The van der Waals surface area contributed by atoms with Crippen LogP contribution >= 0.6 is 15.9 Å². The molecule has 0 aliphatic carbocycles. The molecule has 7 heteroatoms. The highest BCUT2D eigenvalue weighted by atomic mass is 79.9. The summed E-state index contributed by atoms with van der Waals surface area (Å²) in [6.07, 6.45) is 0.667. The van der Waals surface area contributed by atoms with Gasteiger partial charge in [0.15, 0.2) is 5.75 Å². The molecule has 0 bridgehead atoms. The minimum Gasteiger partial charge on any atom is -0.487 e. The van der Waals surface area contributed by atoms with E-state index < -0.39 is 4.92 Å². The second kappa shape index (κ2) is 6.95. The van der Waals surface area contributed by atoms with Gasteiger partial charge in [0, 0.05) is 17.0 Å². The summed E-state index contributed by atoms with van der Waals surface area (Å²) in [6.45, 7) is 0.220.